The van der Waals surface area contributed by atoms with Gasteiger partial charge >= 0.3 is 0 Å². The fourth-order valence-corrected chi connectivity index (χ4v) is 4.39. The van der Waals surface area contributed by atoms with Crippen molar-refractivity contribution in [2.75, 3.05) is 19.6 Å². The molecule has 0 aliphatic carbocycles. The second-order valence-electron chi connectivity index (χ2n) is 7.48. The summed E-state index contributed by atoms with van der Waals surface area (Å²) >= 11 is 0. The van der Waals surface area contributed by atoms with Gasteiger partial charge in [0.15, 0.2) is 0 Å². The number of carbonyl (C=O) groups excluding carboxylic acids is 1. The predicted molar refractivity (Wildman–Crippen MR) is 103 cm³/mol. The molecule has 0 aromatic heterocycles. The third kappa shape index (κ3) is 5.28. The molecule has 0 bridgehead atoms. The number of nitrogens with two attached hydrogens (primary N) is 1. The van der Waals surface area contributed by atoms with Gasteiger partial charge in [-0.2, -0.15) is 0 Å². The highest BCUT2D eigenvalue weighted by Crippen LogP contribution is 2.22. The van der Waals surface area contributed by atoms with Crippen LogP contribution < -0.4 is 10.5 Å². The summed E-state index contributed by atoms with van der Waals surface area (Å²) < 4.78 is 27.3. The van der Waals surface area contributed by atoms with Gasteiger partial charge in [-0.25, -0.2) is 13.1 Å². The number of piperidine rings is 1. The minimum atomic E-state index is -3.60. The minimum Gasteiger partial charge on any atom is -0.338 e. The molecule has 1 aromatic rings. The number of hydrogen-bond donors (Lipinski definition) is 2. The lowest BCUT2D eigenvalue weighted by Crippen LogP contribution is -2.49. The summed E-state index contributed by atoms with van der Waals surface area (Å²) in [6.07, 6.45) is 2.03. The summed E-state index contributed by atoms with van der Waals surface area (Å²) in [5, 5.41) is 0. The van der Waals surface area contributed by atoms with Crippen molar-refractivity contribution in [3.05, 3.63) is 29.8 Å². The molecular formula is C19H31N3O3S. The molecule has 1 aliphatic rings. The van der Waals surface area contributed by atoms with E-state index in [-0.39, 0.29) is 29.8 Å². The van der Waals surface area contributed by atoms with Gasteiger partial charge in [0.25, 0.3) is 0 Å². The fourth-order valence-electron chi connectivity index (χ4n) is 3.35. The molecule has 2 unspecified atom stereocenters. The summed E-state index contributed by atoms with van der Waals surface area (Å²) in [6, 6.07) is 6.92. The smallest absolute Gasteiger partial charge is 0.240 e. The molecular weight excluding hydrogens is 350 g/mol. The van der Waals surface area contributed by atoms with E-state index in [1.165, 1.54) is 0 Å². The van der Waals surface area contributed by atoms with E-state index in [0.717, 1.165) is 18.4 Å². The number of rotatable bonds is 7. The number of benzene rings is 1. The molecule has 26 heavy (non-hydrogen) atoms. The van der Waals surface area contributed by atoms with Crippen molar-refractivity contribution in [1.29, 1.82) is 0 Å². The second kappa shape index (κ2) is 8.97. The third-order valence-electron chi connectivity index (χ3n) is 5.06. The molecule has 1 saturated heterocycles. The lowest BCUT2D eigenvalue weighted by Gasteiger charge is -2.38. The van der Waals surface area contributed by atoms with E-state index in [4.69, 9.17) is 5.73 Å². The van der Waals surface area contributed by atoms with Gasteiger partial charge in [0.2, 0.25) is 15.9 Å². The van der Waals surface area contributed by atoms with Crippen molar-refractivity contribution in [2.45, 2.75) is 56.9 Å². The summed E-state index contributed by atoms with van der Waals surface area (Å²) in [6.45, 7) is 7.53. The van der Waals surface area contributed by atoms with Crippen LogP contribution in [0.15, 0.2) is 29.2 Å². The van der Waals surface area contributed by atoms with Gasteiger partial charge in [0, 0.05) is 32.1 Å². The Morgan fingerprint density at radius 3 is 2.54 bits per heavy atom. The van der Waals surface area contributed by atoms with E-state index < -0.39 is 10.0 Å². The number of sulfonamides is 1. The molecule has 146 valence electrons. The lowest BCUT2D eigenvalue weighted by molar-refractivity contribution is -0.135. The van der Waals surface area contributed by atoms with Crippen LogP contribution in [-0.2, 0) is 14.8 Å². The quantitative estimate of drug-likeness (QED) is 0.756. The maximum absolute atomic E-state index is 12.5. The van der Waals surface area contributed by atoms with Gasteiger partial charge in [-0.1, -0.05) is 32.9 Å². The number of hydrogen-bond acceptors (Lipinski definition) is 4. The van der Waals surface area contributed by atoms with Crippen LogP contribution in [0.1, 0.15) is 51.5 Å². The van der Waals surface area contributed by atoms with E-state index in [0.29, 0.717) is 24.9 Å². The minimum absolute atomic E-state index is 0.0368. The molecule has 1 aromatic carbocycles. The highest BCUT2D eigenvalue weighted by molar-refractivity contribution is 7.89. The number of amides is 1. The number of nitrogens with one attached hydrogen (secondary N) is 1. The lowest BCUT2D eigenvalue weighted by atomic mass is 9.92. The first-order chi connectivity index (χ1) is 12.2. The van der Waals surface area contributed by atoms with E-state index in [9.17, 15) is 13.2 Å². The van der Waals surface area contributed by atoms with Crippen LogP contribution in [0.4, 0.5) is 0 Å². The molecule has 0 radical (unpaired) electrons. The van der Waals surface area contributed by atoms with E-state index >= 15 is 0 Å². The van der Waals surface area contributed by atoms with Crippen LogP contribution in [0, 0.1) is 5.92 Å². The zero-order valence-electron chi connectivity index (χ0n) is 15.9. The fraction of sp³-hybridized carbons (Fsp3) is 0.632. The van der Waals surface area contributed by atoms with E-state index in [2.05, 4.69) is 25.5 Å². The topological polar surface area (TPSA) is 92.5 Å². The molecule has 1 fully saturated rings. The van der Waals surface area contributed by atoms with Gasteiger partial charge in [0.1, 0.15) is 0 Å². The van der Waals surface area contributed by atoms with Crippen molar-refractivity contribution < 1.29 is 13.2 Å². The van der Waals surface area contributed by atoms with Crippen LogP contribution in [-0.4, -0.2) is 44.9 Å². The average molecular weight is 382 g/mol. The van der Waals surface area contributed by atoms with Crippen LogP contribution in [0.2, 0.25) is 0 Å². The second-order valence-corrected chi connectivity index (χ2v) is 9.24. The largest absolute Gasteiger partial charge is 0.338 e. The van der Waals surface area contributed by atoms with Crippen LogP contribution in [0.5, 0.6) is 0 Å². The summed E-state index contributed by atoms with van der Waals surface area (Å²) in [5.74, 6) is 0.880. The van der Waals surface area contributed by atoms with Gasteiger partial charge < -0.3 is 10.6 Å². The highest BCUT2D eigenvalue weighted by Gasteiger charge is 2.28. The Morgan fingerprint density at radius 1 is 1.31 bits per heavy atom. The van der Waals surface area contributed by atoms with Crippen LogP contribution in [0.25, 0.3) is 0 Å². The van der Waals surface area contributed by atoms with E-state index in [1.54, 1.807) is 12.1 Å². The molecule has 1 heterocycles. The Balaban J connectivity index is 1.90. The average Bonchev–Trinajstić information content (AvgIpc) is 2.61. The molecule has 2 atom stereocenters. The highest BCUT2D eigenvalue weighted by atomic mass is 32.2. The molecule has 6 nitrogen and oxygen atoms in total. The number of likely N-dealkylation sites (tertiary alicyclic amines) is 1. The molecule has 1 aliphatic heterocycles. The number of nitrogens with zero attached hydrogens (tertiary/aromatic N) is 1. The van der Waals surface area contributed by atoms with Crippen molar-refractivity contribution in [1.82, 2.24) is 9.62 Å². The Hall–Kier alpha value is -1.44. The van der Waals surface area contributed by atoms with Gasteiger partial charge in [-0.05, 0) is 42.4 Å². The third-order valence-corrected chi connectivity index (χ3v) is 6.54. The Labute approximate surface area is 157 Å². The monoisotopic (exact) mass is 381 g/mol. The van der Waals surface area contributed by atoms with Gasteiger partial charge in [-0.3, -0.25) is 4.79 Å². The van der Waals surface area contributed by atoms with Crippen LogP contribution in [0.3, 0.4) is 0 Å². The van der Waals surface area contributed by atoms with Crippen LogP contribution >= 0.6 is 0 Å². The van der Waals surface area contributed by atoms with Gasteiger partial charge in [-0.15, -0.1) is 0 Å². The predicted octanol–water partition coefficient (Wildman–Crippen LogP) is 2.06. The maximum Gasteiger partial charge on any atom is 0.240 e. The zero-order valence-corrected chi connectivity index (χ0v) is 16.8. The molecule has 0 saturated carbocycles. The Morgan fingerprint density at radius 2 is 1.96 bits per heavy atom. The molecule has 0 spiro atoms. The maximum atomic E-state index is 12.5. The zero-order chi connectivity index (χ0) is 19.3. The summed E-state index contributed by atoms with van der Waals surface area (Å²) in [7, 11) is -3.60. The first-order valence-electron chi connectivity index (χ1n) is 9.33. The molecule has 2 rings (SSSR count). The van der Waals surface area contributed by atoms with Crippen molar-refractivity contribution in [3.8, 4) is 0 Å². The number of carbonyl (C=O) groups is 1. The Kier molecular flexibility index (Phi) is 7.20. The van der Waals surface area contributed by atoms with Gasteiger partial charge in [0.05, 0.1) is 4.90 Å². The van der Waals surface area contributed by atoms with Crippen molar-refractivity contribution in [2.24, 2.45) is 11.7 Å². The standard InChI is InChI=1S/C19H31N3O3S/c1-14(2)16-4-6-18(7-5-16)26(24,25)21-10-8-19(23)22-11-9-15(3)12-17(22)13-20/h4-7,14-15,17,21H,8-13,20H2,1-3H3. The molecule has 1 amide bonds. The molecule has 7 heteroatoms. The van der Waals surface area contributed by atoms with Crippen molar-refractivity contribution >= 4 is 15.9 Å². The van der Waals surface area contributed by atoms with E-state index in [1.807, 2.05) is 17.0 Å². The Bertz CT molecular complexity index is 701. The van der Waals surface area contributed by atoms with Crippen molar-refractivity contribution in [3.63, 3.8) is 0 Å². The summed E-state index contributed by atoms with van der Waals surface area (Å²) in [4.78, 5) is 14.5. The first kappa shape index (κ1) is 20.9. The normalized spacial score (nSPS) is 21.2. The SMILES string of the molecule is CC1CCN(C(=O)CCNS(=O)(=O)c2ccc(C(C)C)cc2)C(CN)C1. The summed E-state index contributed by atoms with van der Waals surface area (Å²) in [5.41, 5.74) is 6.88. The molecule has 3 N–H and O–H groups in total. The first-order valence-corrected chi connectivity index (χ1v) is 10.8.